The summed E-state index contributed by atoms with van der Waals surface area (Å²) < 4.78 is 10.8. The zero-order chi connectivity index (χ0) is 17.2. The number of aromatic nitrogens is 1. The normalized spacial score (nSPS) is 12.2. The van der Waals surface area contributed by atoms with E-state index >= 15 is 0 Å². The van der Waals surface area contributed by atoms with Gasteiger partial charge in [0.15, 0.2) is 16.6 Å². The summed E-state index contributed by atoms with van der Waals surface area (Å²) in [4.78, 5) is 17.8. The van der Waals surface area contributed by atoms with Gasteiger partial charge in [0, 0.05) is 10.4 Å². The van der Waals surface area contributed by atoms with Crippen molar-refractivity contribution in [3.8, 4) is 22.8 Å². The molecular weight excluding hydrogens is 336 g/mol. The maximum atomic E-state index is 12.2. The number of anilines is 1. The lowest BCUT2D eigenvalue weighted by Crippen LogP contribution is -2.14. The molecule has 25 heavy (non-hydrogen) atoms. The summed E-state index contributed by atoms with van der Waals surface area (Å²) in [6, 6.07) is 15.4. The molecule has 126 valence electrons. The number of thiazole rings is 1. The molecule has 4 rings (SSSR count). The van der Waals surface area contributed by atoms with Crippen LogP contribution in [0.3, 0.4) is 0 Å². The smallest absolute Gasteiger partial charge is 0.231 e. The van der Waals surface area contributed by atoms with Crippen LogP contribution in [0.1, 0.15) is 10.4 Å². The average Bonchev–Trinajstić information content (AvgIpc) is 3.21. The topological polar surface area (TPSA) is 60.5 Å². The van der Waals surface area contributed by atoms with E-state index in [0.29, 0.717) is 11.6 Å². The molecule has 0 saturated heterocycles. The molecule has 0 bridgehead atoms. The van der Waals surface area contributed by atoms with Crippen LogP contribution in [0.2, 0.25) is 0 Å². The molecule has 1 N–H and O–H groups in total. The standard InChI is InChI=1S/C19H16N2O3S/c1-12-18(14-7-8-15-16(10-14)24-11-23-15)21-19(25-12)20-17(22)9-13-5-3-2-4-6-13/h2-8,10H,9,11H2,1H3,(H,20,21,22). The predicted molar refractivity (Wildman–Crippen MR) is 97.2 cm³/mol. The van der Waals surface area contributed by atoms with Crippen molar-refractivity contribution in [2.45, 2.75) is 13.3 Å². The fraction of sp³-hybridized carbons (Fsp3) is 0.158. The van der Waals surface area contributed by atoms with Crippen molar-refractivity contribution in [2.24, 2.45) is 0 Å². The lowest BCUT2D eigenvalue weighted by Gasteiger charge is -2.02. The fourth-order valence-corrected chi connectivity index (χ4v) is 3.56. The molecule has 1 aliphatic rings. The number of carbonyl (C=O) groups excluding carboxylic acids is 1. The first kappa shape index (κ1) is 15.7. The highest BCUT2D eigenvalue weighted by atomic mass is 32.1. The summed E-state index contributed by atoms with van der Waals surface area (Å²) in [5, 5.41) is 3.49. The number of rotatable bonds is 4. The summed E-state index contributed by atoms with van der Waals surface area (Å²) in [6.45, 7) is 2.24. The van der Waals surface area contributed by atoms with Crippen molar-refractivity contribution in [1.29, 1.82) is 0 Å². The molecule has 2 heterocycles. The van der Waals surface area contributed by atoms with Crippen molar-refractivity contribution in [3.63, 3.8) is 0 Å². The van der Waals surface area contributed by atoms with Gasteiger partial charge in [-0.2, -0.15) is 0 Å². The Bertz CT molecular complexity index is 922. The third-order valence-electron chi connectivity index (χ3n) is 3.90. The third kappa shape index (κ3) is 3.34. The minimum Gasteiger partial charge on any atom is -0.454 e. The highest BCUT2D eigenvalue weighted by Crippen LogP contribution is 2.38. The van der Waals surface area contributed by atoms with Gasteiger partial charge in [0.25, 0.3) is 0 Å². The Balaban J connectivity index is 1.51. The number of amides is 1. The predicted octanol–water partition coefficient (Wildman–Crippen LogP) is 4.03. The third-order valence-corrected chi connectivity index (χ3v) is 4.78. The van der Waals surface area contributed by atoms with Crippen molar-refractivity contribution < 1.29 is 14.3 Å². The highest BCUT2D eigenvalue weighted by molar-refractivity contribution is 7.16. The Kier molecular flexibility index (Phi) is 4.11. The maximum Gasteiger partial charge on any atom is 0.231 e. The second kappa shape index (κ2) is 6.57. The minimum atomic E-state index is -0.0720. The van der Waals surface area contributed by atoms with Gasteiger partial charge in [0.2, 0.25) is 12.7 Å². The number of hydrogen-bond donors (Lipinski definition) is 1. The van der Waals surface area contributed by atoms with Crippen LogP contribution in [0.4, 0.5) is 5.13 Å². The molecule has 5 nitrogen and oxygen atoms in total. The summed E-state index contributed by atoms with van der Waals surface area (Å²) in [5.41, 5.74) is 2.77. The number of nitrogens with one attached hydrogen (secondary N) is 1. The minimum absolute atomic E-state index is 0.0720. The van der Waals surface area contributed by atoms with Crippen LogP contribution in [0.25, 0.3) is 11.3 Å². The van der Waals surface area contributed by atoms with Gasteiger partial charge in [-0.05, 0) is 30.7 Å². The molecule has 3 aromatic rings. The number of benzene rings is 2. The van der Waals surface area contributed by atoms with Gasteiger partial charge >= 0.3 is 0 Å². The molecule has 0 unspecified atom stereocenters. The second-order valence-corrected chi connectivity index (χ2v) is 6.91. The van der Waals surface area contributed by atoms with E-state index < -0.39 is 0 Å². The van der Waals surface area contributed by atoms with Gasteiger partial charge in [-0.1, -0.05) is 30.3 Å². The molecule has 6 heteroatoms. The molecule has 1 aliphatic heterocycles. The van der Waals surface area contributed by atoms with Crippen molar-refractivity contribution >= 4 is 22.4 Å². The molecule has 0 atom stereocenters. The van der Waals surface area contributed by atoms with Gasteiger partial charge in [-0.3, -0.25) is 4.79 Å². The number of nitrogens with zero attached hydrogens (tertiary/aromatic N) is 1. The molecule has 0 aliphatic carbocycles. The van der Waals surface area contributed by atoms with Crippen LogP contribution < -0.4 is 14.8 Å². The summed E-state index contributed by atoms with van der Waals surface area (Å²) >= 11 is 1.47. The van der Waals surface area contributed by atoms with Crippen molar-refractivity contribution in [2.75, 3.05) is 12.1 Å². The van der Waals surface area contributed by atoms with Crippen LogP contribution >= 0.6 is 11.3 Å². The SMILES string of the molecule is Cc1sc(NC(=O)Cc2ccccc2)nc1-c1ccc2c(c1)OCO2. The first-order valence-corrected chi connectivity index (χ1v) is 8.72. The van der Waals surface area contributed by atoms with E-state index in [0.717, 1.165) is 33.2 Å². The van der Waals surface area contributed by atoms with Crippen LogP contribution in [0, 0.1) is 6.92 Å². The molecule has 1 amide bonds. The Labute approximate surface area is 149 Å². The number of carbonyl (C=O) groups is 1. The molecule has 2 aromatic carbocycles. The first-order valence-electron chi connectivity index (χ1n) is 7.90. The first-order chi connectivity index (χ1) is 12.2. The van der Waals surface area contributed by atoms with Gasteiger partial charge in [0.05, 0.1) is 12.1 Å². The Morgan fingerprint density at radius 3 is 2.80 bits per heavy atom. The number of aryl methyl sites for hydroxylation is 1. The van der Waals surface area contributed by atoms with E-state index in [4.69, 9.17) is 9.47 Å². The quantitative estimate of drug-likeness (QED) is 0.770. The van der Waals surface area contributed by atoms with Crippen LogP contribution in [-0.2, 0) is 11.2 Å². The summed E-state index contributed by atoms with van der Waals surface area (Å²) in [7, 11) is 0. The second-order valence-electron chi connectivity index (χ2n) is 5.70. The Hall–Kier alpha value is -2.86. The fourth-order valence-electron chi connectivity index (χ4n) is 2.71. The average molecular weight is 352 g/mol. The summed E-state index contributed by atoms with van der Waals surface area (Å²) in [5.74, 6) is 1.39. The molecule has 0 fully saturated rings. The summed E-state index contributed by atoms with van der Waals surface area (Å²) in [6.07, 6.45) is 0.332. The van der Waals surface area contributed by atoms with Gasteiger partial charge < -0.3 is 14.8 Å². The number of hydrogen-bond acceptors (Lipinski definition) is 5. The van der Waals surface area contributed by atoms with E-state index in [9.17, 15) is 4.79 Å². The zero-order valence-electron chi connectivity index (χ0n) is 13.6. The molecule has 0 spiro atoms. The van der Waals surface area contributed by atoms with Crippen LogP contribution in [0.5, 0.6) is 11.5 Å². The monoisotopic (exact) mass is 352 g/mol. The Morgan fingerprint density at radius 2 is 1.96 bits per heavy atom. The lowest BCUT2D eigenvalue weighted by molar-refractivity contribution is -0.115. The van der Waals surface area contributed by atoms with E-state index in [2.05, 4.69) is 10.3 Å². The number of fused-ring (bicyclic) bond motifs is 1. The van der Waals surface area contributed by atoms with Crippen LogP contribution in [0.15, 0.2) is 48.5 Å². The van der Waals surface area contributed by atoms with Gasteiger partial charge in [0.1, 0.15) is 0 Å². The van der Waals surface area contributed by atoms with Gasteiger partial charge in [-0.25, -0.2) is 4.98 Å². The molecule has 0 saturated carbocycles. The highest BCUT2D eigenvalue weighted by Gasteiger charge is 2.17. The molecular formula is C19H16N2O3S. The lowest BCUT2D eigenvalue weighted by atomic mass is 10.1. The van der Waals surface area contributed by atoms with Crippen molar-refractivity contribution in [1.82, 2.24) is 4.98 Å². The van der Waals surface area contributed by atoms with E-state index in [-0.39, 0.29) is 12.7 Å². The van der Waals surface area contributed by atoms with E-state index in [1.807, 2.05) is 55.5 Å². The number of ether oxygens (including phenoxy) is 2. The molecule has 0 radical (unpaired) electrons. The van der Waals surface area contributed by atoms with E-state index in [1.54, 1.807) is 0 Å². The van der Waals surface area contributed by atoms with E-state index in [1.165, 1.54) is 11.3 Å². The van der Waals surface area contributed by atoms with Gasteiger partial charge in [-0.15, -0.1) is 11.3 Å². The maximum absolute atomic E-state index is 12.2. The zero-order valence-corrected chi connectivity index (χ0v) is 14.4. The molecule has 1 aromatic heterocycles. The van der Waals surface area contributed by atoms with Crippen LogP contribution in [-0.4, -0.2) is 17.7 Å². The largest absolute Gasteiger partial charge is 0.454 e. The van der Waals surface area contributed by atoms with Crippen molar-refractivity contribution in [3.05, 3.63) is 59.0 Å². The Morgan fingerprint density at radius 1 is 1.16 bits per heavy atom.